The van der Waals surface area contributed by atoms with Crippen LogP contribution >= 0.6 is 0 Å². The number of aryl methyl sites for hydroxylation is 12. The van der Waals surface area contributed by atoms with E-state index in [0.29, 0.717) is 6.61 Å². The van der Waals surface area contributed by atoms with Gasteiger partial charge in [0.2, 0.25) is 9.04 Å². The fourth-order valence-corrected chi connectivity index (χ4v) is 9.43. The van der Waals surface area contributed by atoms with E-state index in [9.17, 15) is 0 Å². The summed E-state index contributed by atoms with van der Waals surface area (Å²) in [5.41, 5.74) is 25.8. The van der Waals surface area contributed by atoms with Crippen LogP contribution in [0.25, 0.3) is 0 Å². The molecule has 0 N–H and O–H groups in total. The van der Waals surface area contributed by atoms with Crippen molar-refractivity contribution < 1.29 is 118 Å². The monoisotopic (exact) mass is 1300 g/mol. The van der Waals surface area contributed by atoms with E-state index in [0.717, 1.165) is 75.0 Å². The number of benzene rings is 4. The van der Waals surface area contributed by atoms with Crippen molar-refractivity contribution in [3.05, 3.63) is 215 Å². The summed E-state index contributed by atoms with van der Waals surface area (Å²) in [6.07, 6.45) is 3.56. The Morgan fingerprint density at radius 2 is 0.675 bits per heavy atom. The van der Waals surface area contributed by atoms with Gasteiger partial charge in [-0.15, -0.1) is 13.2 Å². The van der Waals surface area contributed by atoms with Crippen molar-refractivity contribution in [3.8, 4) is 0 Å². The zero-order chi connectivity index (χ0) is 57.4. The first kappa shape index (κ1) is 90.8. The number of hydrogen-bond donors (Lipinski definition) is 0. The normalized spacial score (nSPS) is 10.6. The minimum absolute atomic E-state index is 0. The van der Waals surface area contributed by atoms with Crippen LogP contribution < -0.4 is 0 Å². The molecule has 16 heteroatoms. The van der Waals surface area contributed by atoms with E-state index in [2.05, 4.69) is 171 Å². The van der Waals surface area contributed by atoms with Crippen LogP contribution in [0.4, 0.5) is 22.7 Å². The van der Waals surface area contributed by atoms with E-state index < -0.39 is 18.1 Å². The summed E-state index contributed by atoms with van der Waals surface area (Å²) < 4.78 is 10.4. The minimum Gasteiger partial charge on any atom is -0.417 e. The molecule has 0 saturated carbocycles. The Morgan fingerprint density at radius 1 is 0.470 bits per heavy atom. The molecule has 0 unspecified atom stereocenters. The summed E-state index contributed by atoms with van der Waals surface area (Å²) in [5, 5.41) is 12.0. The van der Waals surface area contributed by atoms with Gasteiger partial charge in [0.1, 0.15) is 0 Å². The van der Waals surface area contributed by atoms with Crippen molar-refractivity contribution in [2.24, 2.45) is 20.0 Å². The average molecular weight is 1300 g/mol. The minimum atomic E-state index is -0.759. The largest absolute Gasteiger partial charge is 0.417 e. The van der Waals surface area contributed by atoms with Crippen LogP contribution in [-0.4, -0.2) is 64.1 Å². The van der Waals surface area contributed by atoms with Gasteiger partial charge >= 0.3 is 0 Å². The third-order valence-corrected chi connectivity index (χ3v) is 13.3. The number of rotatable bonds is 14. The molecule has 0 saturated heterocycles. The molecular formula is C67H95Ar2Co2N8O2Si2-2. The summed E-state index contributed by atoms with van der Waals surface area (Å²) in [5.74, 6) is 0. The van der Waals surface area contributed by atoms with Gasteiger partial charge in [0.15, 0.2) is 9.04 Å². The average Bonchev–Trinajstić information content (AvgIpc) is 3.35. The summed E-state index contributed by atoms with van der Waals surface area (Å²) in [4.78, 5) is 29.3. The molecule has 459 valence electrons. The van der Waals surface area contributed by atoms with E-state index in [1.165, 1.54) is 66.8 Å². The fourth-order valence-electron chi connectivity index (χ4n) is 8.46. The zero-order valence-corrected chi connectivity index (χ0v) is 58.6. The molecule has 0 aliphatic carbocycles. The van der Waals surface area contributed by atoms with Crippen molar-refractivity contribution in [2.45, 2.75) is 144 Å². The molecule has 10 nitrogen and oxygen atoms in total. The standard InChI is InChI=1S/2C27H31N3.C5H12OSi.C5H11OSi.CH4.2CH3.2Ar.2Co.N2/c2*1-16-12-18(3)26(19(4)13-16)28-22(7)24-10-9-11-25(30-24)23(8)29-27-20(5)14-17(2)15-21(27)6;2*1-4-5-6-7(2)3;;;;;;;;1-2/h2*9-15H,1-8H3;4,7H,1,5H2,2-3H3;4H,1,5H2,2-3H3;1H4;2*1H3;;;;;/q;;;;;2*-1;;;;;. The molecule has 83 heavy (non-hydrogen) atoms. The molecule has 6 rings (SSSR count). The van der Waals surface area contributed by atoms with Crippen molar-refractivity contribution in [3.63, 3.8) is 0 Å². The SMILES string of the molecule is C.C=CCO[SiH](C)C.C=CCO[Si](C)C.CC(=Nc1c(C)cc(C)cc1C)c1cccc(C(C)=Nc2c(C)cc(C)cc2C)n1.CC(=Nc1c(C)cc(C)cc1C)c1cccc(C(C)=Nc2c(C)cc(C)cc2C)n1.N#N.[Ar].[Ar].[CH3-].[CH3-].[Co].[Co]. The van der Waals surface area contributed by atoms with Gasteiger partial charge in [-0.2, -0.15) is 0 Å². The third kappa shape index (κ3) is 31.7. The topological polar surface area (TPSA) is 141 Å². The molecule has 2 aromatic heterocycles. The molecule has 0 amide bonds. The Bertz CT molecular complexity index is 2630. The van der Waals surface area contributed by atoms with Gasteiger partial charge in [-0.3, -0.25) is 20.0 Å². The quantitative estimate of drug-likeness (QED) is 0.0350. The Morgan fingerprint density at radius 3 is 0.819 bits per heavy atom. The van der Waals surface area contributed by atoms with Crippen molar-refractivity contribution in [2.75, 3.05) is 13.2 Å². The maximum Gasteiger partial charge on any atom is 0.205 e. The first-order chi connectivity index (χ1) is 35.8. The summed E-state index contributed by atoms with van der Waals surface area (Å²) in [6.45, 7) is 50.4. The molecule has 4 aromatic carbocycles. The van der Waals surface area contributed by atoms with Gasteiger partial charge < -0.3 is 23.7 Å². The molecule has 3 radical (unpaired) electrons. The molecule has 0 aliphatic heterocycles. The first-order valence-corrected chi connectivity index (χ1v) is 31.0. The molecule has 0 aliphatic rings. The molecule has 0 atom stereocenters. The van der Waals surface area contributed by atoms with Gasteiger partial charge in [0.05, 0.1) is 81.6 Å². The van der Waals surface area contributed by atoms with Crippen molar-refractivity contribution >= 4 is 63.7 Å². The maximum absolute atomic E-state index is 6.00. The van der Waals surface area contributed by atoms with Crippen molar-refractivity contribution in [1.29, 1.82) is 10.8 Å². The van der Waals surface area contributed by atoms with Gasteiger partial charge in [-0.25, -0.2) is 9.97 Å². The Kier molecular flexibility index (Phi) is 51.2. The number of aliphatic imine (C=N–C) groups is 4. The van der Waals surface area contributed by atoms with Crippen LogP contribution in [-0.2, 0) is 42.4 Å². The van der Waals surface area contributed by atoms with Gasteiger partial charge in [0.25, 0.3) is 0 Å². The zero-order valence-electron chi connectivity index (χ0n) is 52.9. The third-order valence-electron chi connectivity index (χ3n) is 11.7. The molecule has 2 heterocycles. The fraction of sp³-hybridized carbons (Fsp3) is 0.343. The summed E-state index contributed by atoms with van der Waals surface area (Å²) in [6, 6.07) is 29.5. The van der Waals surface area contributed by atoms with Crippen LogP contribution in [0.3, 0.4) is 0 Å². The second kappa shape index (κ2) is 46.8. The Balaban J connectivity index is -0.000000265. The van der Waals surface area contributed by atoms with Crippen LogP contribution in [0.5, 0.6) is 0 Å². The molecule has 6 aromatic rings. The second-order valence-corrected chi connectivity index (χ2v) is 24.3. The smallest absolute Gasteiger partial charge is 0.205 e. The van der Waals surface area contributed by atoms with E-state index in [-0.39, 0.29) is 131 Å². The molecule has 0 fully saturated rings. The maximum atomic E-state index is 6.00. The van der Waals surface area contributed by atoms with E-state index in [1.807, 2.05) is 64.1 Å². The molecule has 0 spiro atoms. The predicted octanol–water partition coefficient (Wildman–Crippen LogP) is 18.6. The number of hydrogen-bond acceptors (Lipinski definition) is 10. The Hall–Kier alpha value is -3.35. The predicted molar refractivity (Wildman–Crippen MR) is 350 cm³/mol. The van der Waals surface area contributed by atoms with Crippen LogP contribution in [0.1, 0.15) is 125 Å². The number of nitrogens with zero attached hydrogens (tertiary/aromatic N) is 8. The number of aromatic nitrogens is 2. The van der Waals surface area contributed by atoms with E-state index in [1.54, 1.807) is 12.2 Å². The van der Waals surface area contributed by atoms with Gasteiger partial charge in [-0.05, 0) is 206 Å². The Labute approximate surface area is 587 Å². The van der Waals surface area contributed by atoms with Gasteiger partial charge in [0, 0.05) is 120 Å². The number of pyridine rings is 2. The van der Waals surface area contributed by atoms with E-state index in [4.69, 9.17) is 49.6 Å². The molecular weight excluding hydrogens is 1200 g/mol. The van der Waals surface area contributed by atoms with Crippen molar-refractivity contribution in [1.82, 2.24) is 9.97 Å². The summed E-state index contributed by atoms with van der Waals surface area (Å²) in [7, 11) is -1.23. The summed E-state index contributed by atoms with van der Waals surface area (Å²) >= 11 is 0. The van der Waals surface area contributed by atoms with Gasteiger partial charge in [-0.1, -0.05) is 102 Å². The van der Waals surface area contributed by atoms with E-state index >= 15 is 0 Å². The van der Waals surface area contributed by atoms with Crippen LogP contribution in [0.2, 0.25) is 26.2 Å². The van der Waals surface area contributed by atoms with Crippen LogP contribution in [0.15, 0.2) is 130 Å². The molecule has 0 bridgehead atoms. The van der Waals surface area contributed by atoms with Crippen LogP contribution in [0, 0.1) is 184 Å². The first-order valence-electron chi connectivity index (χ1n) is 25.8. The second-order valence-electron chi connectivity index (χ2n) is 19.8.